The second kappa shape index (κ2) is 9.15. The summed E-state index contributed by atoms with van der Waals surface area (Å²) in [4.78, 5) is 21.4. The van der Waals surface area contributed by atoms with Gasteiger partial charge in [0.15, 0.2) is 0 Å². The smallest absolute Gasteiger partial charge is 0.278 e. The van der Waals surface area contributed by atoms with E-state index in [1.54, 1.807) is 6.33 Å². The fraction of sp³-hybridized carbons (Fsp3) is 0.111. The van der Waals surface area contributed by atoms with Crippen LogP contribution in [0.2, 0.25) is 0 Å². The minimum Gasteiger partial charge on any atom is -0.332 e. The van der Waals surface area contributed by atoms with Crippen LogP contribution in [0.1, 0.15) is 27.0 Å². The van der Waals surface area contributed by atoms with Crippen LogP contribution in [-0.2, 0) is 6.54 Å². The molecule has 1 amide bonds. The van der Waals surface area contributed by atoms with Crippen molar-refractivity contribution in [3.63, 3.8) is 0 Å². The number of nitrogens with zero attached hydrogens (tertiary/aromatic N) is 4. The van der Waals surface area contributed by atoms with Gasteiger partial charge in [-0.3, -0.25) is 4.79 Å². The summed E-state index contributed by atoms with van der Waals surface area (Å²) in [5.41, 5.74) is 6.07. The number of carbonyl (C=O) groups is 1. The summed E-state index contributed by atoms with van der Waals surface area (Å²) in [6.45, 7) is 4.56. The molecule has 5 aromatic rings. The maximum atomic E-state index is 12.5. The molecule has 0 saturated carbocycles. The highest BCUT2D eigenvalue weighted by Crippen LogP contribution is 2.23. The van der Waals surface area contributed by atoms with Crippen molar-refractivity contribution in [2.75, 3.05) is 5.32 Å². The number of imidazole rings is 1. The van der Waals surface area contributed by atoms with Crippen LogP contribution in [0.4, 0.5) is 5.69 Å². The molecule has 0 spiro atoms. The number of benzene rings is 3. The molecule has 3 aromatic carbocycles. The number of hydrogen-bond donors (Lipinski definition) is 1. The third-order valence-corrected chi connectivity index (χ3v) is 5.63. The van der Waals surface area contributed by atoms with Gasteiger partial charge in [0, 0.05) is 29.6 Å². The first-order chi connectivity index (χ1) is 16.6. The predicted octanol–water partition coefficient (Wildman–Crippen LogP) is 5.52. The van der Waals surface area contributed by atoms with Crippen LogP contribution in [0.5, 0.6) is 0 Å². The summed E-state index contributed by atoms with van der Waals surface area (Å²) in [5, 5.41) is 7.06. The highest BCUT2D eigenvalue weighted by Gasteiger charge is 2.14. The van der Waals surface area contributed by atoms with Crippen molar-refractivity contribution in [2.45, 2.75) is 20.4 Å². The zero-order valence-corrected chi connectivity index (χ0v) is 18.9. The Labute approximate surface area is 197 Å². The normalized spacial score (nSPS) is 10.9. The second-order valence-corrected chi connectivity index (χ2v) is 8.14. The molecule has 168 valence electrons. The van der Waals surface area contributed by atoms with Crippen molar-refractivity contribution in [3.8, 4) is 23.0 Å². The van der Waals surface area contributed by atoms with E-state index in [1.807, 2.05) is 97.4 Å². The molecule has 7 nitrogen and oxygen atoms in total. The molecule has 2 aromatic heterocycles. The fourth-order valence-corrected chi connectivity index (χ4v) is 3.75. The van der Waals surface area contributed by atoms with Gasteiger partial charge in [-0.15, -0.1) is 0 Å². The average Bonchev–Trinajstić information content (AvgIpc) is 3.51. The van der Waals surface area contributed by atoms with Crippen molar-refractivity contribution in [3.05, 3.63) is 108 Å². The molecule has 0 radical (unpaired) electrons. The van der Waals surface area contributed by atoms with E-state index in [0.717, 1.165) is 27.9 Å². The summed E-state index contributed by atoms with van der Waals surface area (Å²) in [7, 11) is 0. The van der Waals surface area contributed by atoms with Crippen LogP contribution in [-0.4, -0.2) is 25.6 Å². The lowest BCUT2D eigenvalue weighted by Gasteiger charge is -2.09. The Bertz CT molecular complexity index is 1450. The minimum atomic E-state index is -0.116. The third kappa shape index (κ3) is 4.49. The maximum Gasteiger partial charge on any atom is 0.278 e. The Hall–Kier alpha value is -4.52. The van der Waals surface area contributed by atoms with Gasteiger partial charge in [-0.25, -0.2) is 4.98 Å². The summed E-state index contributed by atoms with van der Waals surface area (Å²) < 4.78 is 7.40. The Morgan fingerprint density at radius 1 is 0.941 bits per heavy atom. The van der Waals surface area contributed by atoms with Crippen LogP contribution in [0, 0.1) is 13.8 Å². The first-order valence-corrected chi connectivity index (χ1v) is 10.9. The molecule has 0 aliphatic carbocycles. The van der Waals surface area contributed by atoms with Gasteiger partial charge >= 0.3 is 0 Å². The molecular weight excluding hydrogens is 426 g/mol. The van der Waals surface area contributed by atoms with Crippen LogP contribution in [0.25, 0.3) is 23.0 Å². The van der Waals surface area contributed by atoms with E-state index < -0.39 is 0 Å². The number of amides is 1. The maximum absolute atomic E-state index is 12.5. The summed E-state index contributed by atoms with van der Waals surface area (Å²) in [5.74, 6) is 0.812. The zero-order valence-electron chi connectivity index (χ0n) is 18.9. The topological polar surface area (TPSA) is 85.8 Å². The molecule has 0 unspecified atom stereocenters. The molecule has 0 atom stereocenters. The first kappa shape index (κ1) is 21.3. The van der Waals surface area contributed by atoms with Gasteiger partial charge in [-0.05, 0) is 48.7 Å². The molecule has 2 heterocycles. The molecule has 0 fully saturated rings. The van der Waals surface area contributed by atoms with Crippen molar-refractivity contribution in [1.82, 2.24) is 19.7 Å². The van der Waals surface area contributed by atoms with E-state index in [-0.39, 0.29) is 5.91 Å². The standard InChI is InChI=1S/C27H23N5O2/c1-18-7-3-5-9-22(18)25-30-27(34-31-25)24-16-32(17-28-24)15-20-11-13-21(14-12-20)29-26(33)23-10-6-4-8-19(23)2/h3-14,16-17H,15H2,1-2H3,(H,29,33). The van der Waals surface area contributed by atoms with Crippen molar-refractivity contribution in [2.24, 2.45) is 0 Å². The average molecular weight is 450 g/mol. The molecule has 5 rings (SSSR count). The molecule has 34 heavy (non-hydrogen) atoms. The Morgan fingerprint density at radius 3 is 2.44 bits per heavy atom. The van der Waals surface area contributed by atoms with Gasteiger partial charge < -0.3 is 14.4 Å². The molecule has 0 bridgehead atoms. The van der Waals surface area contributed by atoms with E-state index in [0.29, 0.717) is 29.5 Å². The van der Waals surface area contributed by atoms with Gasteiger partial charge in [-0.1, -0.05) is 59.8 Å². The van der Waals surface area contributed by atoms with Crippen molar-refractivity contribution < 1.29 is 9.32 Å². The monoisotopic (exact) mass is 449 g/mol. The number of hydrogen-bond acceptors (Lipinski definition) is 5. The van der Waals surface area contributed by atoms with Crippen molar-refractivity contribution >= 4 is 11.6 Å². The number of carbonyl (C=O) groups excluding carboxylic acids is 1. The minimum absolute atomic E-state index is 0.116. The SMILES string of the molecule is Cc1ccccc1C(=O)Nc1ccc(Cn2cnc(-c3nc(-c4ccccc4C)no3)c2)cc1. The summed E-state index contributed by atoms with van der Waals surface area (Å²) in [6, 6.07) is 23.2. The highest BCUT2D eigenvalue weighted by molar-refractivity contribution is 6.05. The van der Waals surface area contributed by atoms with Gasteiger partial charge in [0.2, 0.25) is 5.82 Å². The number of anilines is 1. The molecular formula is C27H23N5O2. The van der Waals surface area contributed by atoms with E-state index in [2.05, 4.69) is 20.4 Å². The largest absolute Gasteiger partial charge is 0.332 e. The second-order valence-electron chi connectivity index (χ2n) is 8.14. The van der Waals surface area contributed by atoms with Crippen LogP contribution < -0.4 is 5.32 Å². The van der Waals surface area contributed by atoms with Gasteiger partial charge in [0.25, 0.3) is 11.8 Å². The Balaban J connectivity index is 1.25. The van der Waals surface area contributed by atoms with Crippen LogP contribution in [0.15, 0.2) is 89.8 Å². The molecule has 0 aliphatic heterocycles. The van der Waals surface area contributed by atoms with Gasteiger partial charge in [0.1, 0.15) is 5.69 Å². The number of rotatable bonds is 6. The van der Waals surface area contributed by atoms with E-state index in [4.69, 9.17) is 4.52 Å². The molecule has 0 aliphatic rings. The number of aromatic nitrogens is 4. The van der Waals surface area contributed by atoms with E-state index >= 15 is 0 Å². The molecule has 0 saturated heterocycles. The zero-order chi connectivity index (χ0) is 23.5. The predicted molar refractivity (Wildman–Crippen MR) is 130 cm³/mol. The van der Waals surface area contributed by atoms with Gasteiger partial charge in [-0.2, -0.15) is 4.98 Å². The summed E-state index contributed by atoms with van der Waals surface area (Å²) in [6.07, 6.45) is 3.61. The van der Waals surface area contributed by atoms with Crippen LogP contribution >= 0.6 is 0 Å². The summed E-state index contributed by atoms with van der Waals surface area (Å²) >= 11 is 0. The molecule has 1 N–H and O–H groups in total. The fourth-order valence-electron chi connectivity index (χ4n) is 3.75. The highest BCUT2D eigenvalue weighted by atomic mass is 16.5. The van der Waals surface area contributed by atoms with E-state index in [9.17, 15) is 4.79 Å². The number of nitrogens with one attached hydrogen (secondary N) is 1. The Morgan fingerprint density at radius 2 is 1.68 bits per heavy atom. The third-order valence-electron chi connectivity index (χ3n) is 5.63. The quantitative estimate of drug-likeness (QED) is 0.369. The lowest BCUT2D eigenvalue weighted by Crippen LogP contribution is -2.13. The van der Waals surface area contributed by atoms with Gasteiger partial charge in [0.05, 0.1) is 6.33 Å². The lowest BCUT2D eigenvalue weighted by molar-refractivity contribution is 0.102. The molecule has 7 heteroatoms. The Kier molecular flexibility index (Phi) is 5.74. The van der Waals surface area contributed by atoms with Crippen molar-refractivity contribution in [1.29, 1.82) is 0 Å². The van der Waals surface area contributed by atoms with Crippen LogP contribution in [0.3, 0.4) is 0 Å². The number of aryl methyl sites for hydroxylation is 2. The first-order valence-electron chi connectivity index (χ1n) is 10.9. The lowest BCUT2D eigenvalue weighted by atomic mass is 10.1. The van der Waals surface area contributed by atoms with E-state index in [1.165, 1.54) is 0 Å².